The van der Waals surface area contributed by atoms with Crippen LogP contribution in [0.1, 0.15) is 13.8 Å². The van der Waals surface area contributed by atoms with Crippen LogP contribution in [0, 0.1) is 0 Å². The van der Waals surface area contributed by atoms with E-state index in [0.29, 0.717) is 6.04 Å². The van der Waals surface area contributed by atoms with Gasteiger partial charge in [0.15, 0.2) is 0 Å². The molecule has 5 N–H and O–H groups in total. The van der Waals surface area contributed by atoms with E-state index in [0.717, 1.165) is 0 Å². The molecule has 0 aliphatic carbocycles. The van der Waals surface area contributed by atoms with Gasteiger partial charge in [-0.3, -0.25) is 4.79 Å². The van der Waals surface area contributed by atoms with E-state index < -0.39 is 12.0 Å². The van der Waals surface area contributed by atoms with Crippen molar-refractivity contribution in [1.29, 1.82) is 0 Å². The third-order valence-electron chi connectivity index (χ3n) is 0.514. The lowest BCUT2D eigenvalue weighted by molar-refractivity contribution is -0.137. The standard InChI is InChI=1S/C3H7NO2S.C3H9N/c4-2(1-7)3(5)6;1-3(2)4/h2,7H,1,4H2,(H,5,6);3H,4H2,1-2H3. The van der Waals surface area contributed by atoms with Crippen LogP contribution in [0.15, 0.2) is 0 Å². The van der Waals surface area contributed by atoms with Crippen molar-refractivity contribution >= 4 is 18.6 Å². The number of aliphatic carboxylic acids is 1. The van der Waals surface area contributed by atoms with Crippen LogP contribution in [0.4, 0.5) is 0 Å². The smallest absolute Gasteiger partial charge is 0.321 e. The van der Waals surface area contributed by atoms with Crippen LogP contribution in [-0.2, 0) is 4.79 Å². The molecule has 68 valence electrons. The summed E-state index contributed by atoms with van der Waals surface area (Å²) in [7, 11) is 0. The normalized spacial score (nSPS) is 11.8. The van der Waals surface area contributed by atoms with Crippen LogP contribution in [0.2, 0.25) is 0 Å². The Morgan fingerprint density at radius 1 is 1.55 bits per heavy atom. The summed E-state index contributed by atoms with van der Waals surface area (Å²) >= 11 is 3.65. The third-order valence-corrected chi connectivity index (χ3v) is 0.907. The molecular weight excluding hydrogens is 164 g/mol. The van der Waals surface area contributed by atoms with Gasteiger partial charge >= 0.3 is 5.97 Å². The molecule has 0 aromatic heterocycles. The first kappa shape index (κ1) is 13.3. The zero-order valence-corrected chi connectivity index (χ0v) is 7.71. The molecule has 0 saturated heterocycles. The number of thiol groups is 1. The van der Waals surface area contributed by atoms with Gasteiger partial charge in [0.05, 0.1) is 0 Å². The Bertz CT molecular complexity index is 106. The highest BCUT2D eigenvalue weighted by Crippen LogP contribution is 1.80. The van der Waals surface area contributed by atoms with Crippen LogP contribution < -0.4 is 11.5 Å². The first-order valence-electron chi connectivity index (χ1n) is 3.26. The van der Waals surface area contributed by atoms with Gasteiger partial charge in [-0.15, -0.1) is 0 Å². The summed E-state index contributed by atoms with van der Waals surface area (Å²) in [5, 5.41) is 8.01. The summed E-state index contributed by atoms with van der Waals surface area (Å²) < 4.78 is 0. The van der Waals surface area contributed by atoms with Gasteiger partial charge in [-0.1, -0.05) is 13.8 Å². The van der Waals surface area contributed by atoms with E-state index in [-0.39, 0.29) is 5.75 Å². The highest BCUT2D eigenvalue weighted by atomic mass is 32.1. The first-order chi connectivity index (χ1) is 4.91. The highest BCUT2D eigenvalue weighted by molar-refractivity contribution is 7.80. The number of carboxylic acid groups (broad SMARTS) is 1. The van der Waals surface area contributed by atoms with E-state index >= 15 is 0 Å². The van der Waals surface area contributed by atoms with Crippen molar-refractivity contribution in [3.63, 3.8) is 0 Å². The molecule has 11 heavy (non-hydrogen) atoms. The number of hydrogen-bond donors (Lipinski definition) is 4. The van der Waals surface area contributed by atoms with E-state index in [1.165, 1.54) is 0 Å². The zero-order valence-electron chi connectivity index (χ0n) is 6.82. The predicted octanol–water partition coefficient (Wildman–Crippen LogP) is -0.318. The van der Waals surface area contributed by atoms with E-state index in [1.807, 2.05) is 13.8 Å². The van der Waals surface area contributed by atoms with Crippen molar-refractivity contribution < 1.29 is 9.90 Å². The van der Waals surface area contributed by atoms with Gasteiger partial charge in [-0.05, 0) is 6.04 Å². The maximum Gasteiger partial charge on any atom is 0.321 e. The Labute approximate surface area is 72.4 Å². The van der Waals surface area contributed by atoms with Crippen LogP contribution in [0.3, 0.4) is 0 Å². The lowest BCUT2D eigenvalue weighted by atomic mass is 10.4. The molecule has 0 aliphatic rings. The molecule has 4 nitrogen and oxygen atoms in total. The number of nitrogens with two attached hydrogens (primary N) is 2. The van der Waals surface area contributed by atoms with E-state index in [9.17, 15) is 4.79 Å². The number of rotatable bonds is 2. The van der Waals surface area contributed by atoms with Crippen molar-refractivity contribution in [2.75, 3.05) is 5.75 Å². The minimum absolute atomic E-state index is 0.190. The molecule has 0 aliphatic heterocycles. The molecule has 0 spiro atoms. The molecule has 0 fully saturated rings. The Morgan fingerprint density at radius 3 is 1.82 bits per heavy atom. The number of hydrogen-bond acceptors (Lipinski definition) is 4. The van der Waals surface area contributed by atoms with Crippen molar-refractivity contribution in [1.82, 2.24) is 0 Å². The van der Waals surface area contributed by atoms with Crippen molar-refractivity contribution in [2.24, 2.45) is 11.5 Å². The van der Waals surface area contributed by atoms with Crippen LogP contribution in [0.5, 0.6) is 0 Å². The average molecular weight is 180 g/mol. The minimum atomic E-state index is -1.00. The first-order valence-corrected chi connectivity index (χ1v) is 3.89. The molecule has 0 bridgehead atoms. The molecule has 0 aromatic rings. The van der Waals surface area contributed by atoms with Crippen molar-refractivity contribution in [2.45, 2.75) is 25.9 Å². The Balaban J connectivity index is 0. The second-order valence-corrected chi connectivity index (χ2v) is 2.74. The molecular formula is C6H16N2O2S. The summed E-state index contributed by atoms with van der Waals surface area (Å²) in [5.74, 6) is -0.815. The molecule has 0 radical (unpaired) electrons. The molecule has 0 amide bonds. The zero-order chi connectivity index (χ0) is 9.44. The molecule has 0 rings (SSSR count). The second-order valence-electron chi connectivity index (χ2n) is 2.37. The summed E-state index contributed by atoms with van der Waals surface area (Å²) in [4.78, 5) is 9.76. The molecule has 1 atom stereocenters. The summed E-state index contributed by atoms with van der Waals surface area (Å²) in [6.07, 6.45) is 0. The fourth-order valence-corrected chi connectivity index (χ4v) is 0.234. The molecule has 5 heteroatoms. The number of carboxylic acids is 1. The molecule has 0 saturated carbocycles. The fourth-order valence-electron chi connectivity index (χ4n) is 0.0781. The topological polar surface area (TPSA) is 89.3 Å². The Kier molecular flexibility index (Phi) is 9.51. The SMILES string of the molecule is CC(C)N.NC(CS)C(=O)O. The van der Waals surface area contributed by atoms with Gasteiger partial charge in [-0.2, -0.15) is 12.6 Å². The second kappa shape index (κ2) is 7.84. The average Bonchev–Trinajstić information content (AvgIpc) is 1.85. The Morgan fingerprint density at radius 2 is 1.82 bits per heavy atom. The van der Waals surface area contributed by atoms with Gasteiger partial charge in [0, 0.05) is 5.75 Å². The fraction of sp³-hybridized carbons (Fsp3) is 0.833. The lowest BCUT2D eigenvalue weighted by Gasteiger charge is -1.96. The highest BCUT2D eigenvalue weighted by Gasteiger charge is 2.06. The van der Waals surface area contributed by atoms with Crippen molar-refractivity contribution in [3.05, 3.63) is 0 Å². The predicted molar refractivity (Wildman–Crippen MR) is 48.8 cm³/mol. The van der Waals surface area contributed by atoms with Gasteiger partial charge in [0.1, 0.15) is 6.04 Å². The minimum Gasteiger partial charge on any atom is -0.480 e. The molecule has 0 aromatic carbocycles. The van der Waals surface area contributed by atoms with Gasteiger partial charge in [0.25, 0.3) is 0 Å². The number of carbonyl (C=O) groups is 1. The summed E-state index contributed by atoms with van der Waals surface area (Å²) in [6, 6.07) is -0.483. The maximum atomic E-state index is 9.76. The molecule has 0 heterocycles. The van der Waals surface area contributed by atoms with E-state index in [4.69, 9.17) is 16.6 Å². The van der Waals surface area contributed by atoms with Crippen LogP contribution in [0.25, 0.3) is 0 Å². The monoisotopic (exact) mass is 180 g/mol. The van der Waals surface area contributed by atoms with Gasteiger partial charge < -0.3 is 16.6 Å². The maximum absolute atomic E-state index is 9.76. The largest absolute Gasteiger partial charge is 0.480 e. The van der Waals surface area contributed by atoms with Gasteiger partial charge in [-0.25, -0.2) is 0 Å². The van der Waals surface area contributed by atoms with E-state index in [2.05, 4.69) is 12.6 Å². The molecule has 1 unspecified atom stereocenters. The Hall–Kier alpha value is -0.260. The lowest BCUT2D eigenvalue weighted by Crippen LogP contribution is -2.31. The van der Waals surface area contributed by atoms with Crippen molar-refractivity contribution in [3.8, 4) is 0 Å². The third kappa shape index (κ3) is 17.7. The van der Waals surface area contributed by atoms with Crippen LogP contribution >= 0.6 is 12.6 Å². The quantitative estimate of drug-likeness (QED) is 0.438. The summed E-state index contributed by atoms with van der Waals surface area (Å²) in [5.41, 5.74) is 10.1. The summed E-state index contributed by atoms with van der Waals surface area (Å²) in [6.45, 7) is 3.89. The van der Waals surface area contributed by atoms with E-state index in [1.54, 1.807) is 0 Å². The van der Waals surface area contributed by atoms with Crippen LogP contribution in [-0.4, -0.2) is 28.9 Å². The van der Waals surface area contributed by atoms with Gasteiger partial charge in [0.2, 0.25) is 0 Å².